The van der Waals surface area contributed by atoms with Gasteiger partial charge in [0.25, 0.3) is 0 Å². The molecule has 110 valence electrons. The molecule has 2 heteroatoms. The maximum absolute atomic E-state index is 4.72. The summed E-state index contributed by atoms with van der Waals surface area (Å²) in [4.78, 5) is 2.68. The van der Waals surface area contributed by atoms with Gasteiger partial charge < -0.3 is 4.90 Å². The van der Waals surface area contributed by atoms with E-state index in [0.717, 1.165) is 5.75 Å². The average Bonchev–Trinajstić information content (AvgIpc) is 2.51. The minimum absolute atomic E-state index is 0.445. The second-order valence-electron chi connectivity index (χ2n) is 6.86. The summed E-state index contributed by atoms with van der Waals surface area (Å²) in [5.41, 5.74) is 3.47. The normalized spacial score (nSPS) is 25.3. The van der Waals surface area contributed by atoms with Crippen molar-refractivity contribution >= 4 is 18.3 Å². The van der Waals surface area contributed by atoms with Gasteiger partial charge in [-0.1, -0.05) is 37.5 Å². The fraction of sp³-hybridized carbons (Fsp3) is 0.667. The van der Waals surface area contributed by atoms with Gasteiger partial charge in [0.2, 0.25) is 0 Å². The molecule has 2 aliphatic rings. The van der Waals surface area contributed by atoms with E-state index in [1.165, 1.54) is 62.7 Å². The van der Waals surface area contributed by atoms with Gasteiger partial charge in [-0.3, -0.25) is 0 Å². The van der Waals surface area contributed by atoms with E-state index in [2.05, 4.69) is 36.1 Å². The molecule has 20 heavy (non-hydrogen) atoms. The molecule has 0 aromatic heterocycles. The summed E-state index contributed by atoms with van der Waals surface area (Å²) in [5, 5.41) is 0. The second kappa shape index (κ2) is 6.01. The summed E-state index contributed by atoms with van der Waals surface area (Å²) in [6.45, 7) is 3.60. The summed E-state index contributed by atoms with van der Waals surface area (Å²) in [6.07, 6.45) is 9.46. The Kier molecular flexibility index (Phi) is 4.30. The molecule has 1 nitrogen and oxygen atoms in total. The number of aryl methyl sites for hydroxylation is 1. The molecule has 1 saturated carbocycles. The molecule has 0 N–H and O–H groups in total. The topological polar surface area (TPSA) is 3.24 Å². The molecule has 0 radical (unpaired) electrons. The van der Waals surface area contributed by atoms with Crippen LogP contribution in [0.5, 0.6) is 0 Å². The predicted octanol–water partition coefficient (Wildman–Crippen LogP) is 4.71. The lowest BCUT2D eigenvalue weighted by atomic mass is 9.74. The number of hydrogen-bond acceptors (Lipinski definition) is 2. The molecule has 0 bridgehead atoms. The number of fused-ring (bicyclic) bond motifs is 1. The summed E-state index contributed by atoms with van der Waals surface area (Å²) >= 11 is 4.72. The third-order valence-corrected chi connectivity index (χ3v) is 6.09. The molecule has 3 rings (SSSR count). The first-order chi connectivity index (χ1) is 9.74. The van der Waals surface area contributed by atoms with Gasteiger partial charge in [0.05, 0.1) is 0 Å². The predicted molar refractivity (Wildman–Crippen MR) is 90.9 cm³/mol. The van der Waals surface area contributed by atoms with Crippen molar-refractivity contribution in [3.8, 4) is 0 Å². The maximum atomic E-state index is 4.72. The van der Waals surface area contributed by atoms with Crippen LogP contribution in [0.3, 0.4) is 0 Å². The van der Waals surface area contributed by atoms with Crippen LogP contribution in [-0.4, -0.2) is 18.3 Å². The minimum Gasteiger partial charge on any atom is -0.368 e. The molecule has 0 saturated heterocycles. The van der Waals surface area contributed by atoms with Crippen LogP contribution in [0.25, 0.3) is 0 Å². The Hall–Kier alpha value is -0.630. The van der Waals surface area contributed by atoms with E-state index in [-0.39, 0.29) is 0 Å². The molecule has 1 aromatic rings. The van der Waals surface area contributed by atoms with Crippen molar-refractivity contribution < 1.29 is 0 Å². The summed E-state index contributed by atoms with van der Waals surface area (Å²) in [6, 6.07) is 9.67. The van der Waals surface area contributed by atoms with Crippen LogP contribution in [-0.2, 0) is 6.42 Å². The fourth-order valence-electron chi connectivity index (χ4n) is 4.03. The maximum Gasteiger partial charge on any atom is 0.0401 e. The standard InChI is InChI=1S/C18H27NS/c1-15-9-10-16-7-3-4-8-17(16)19(15)13-18(14-20)11-5-2-6-12-18/h3-4,7-8,15,20H,2,5-6,9-14H2,1H3. The van der Waals surface area contributed by atoms with E-state index in [1.54, 1.807) is 0 Å². The Balaban J connectivity index is 1.85. The zero-order valence-electron chi connectivity index (χ0n) is 12.6. The average molecular weight is 289 g/mol. The van der Waals surface area contributed by atoms with E-state index in [1.807, 2.05) is 0 Å². The molecular formula is C18H27NS. The fourth-order valence-corrected chi connectivity index (χ4v) is 4.45. The van der Waals surface area contributed by atoms with Crippen molar-refractivity contribution in [2.45, 2.75) is 57.9 Å². The Labute approximate surface area is 129 Å². The minimum atomic E-state index is 0.445. The van der Waals surface area contributed by atoms with Crippen LogP contribution >= 0.6 is 12.6 Å². The number of para-hydroxylation sites is 1. The van der Waals surface area contributed by atoms with E-state index in [9.17, 15) is 0 Å². The highest BCUT2D eigenvalue weighted by atomic mass is 32.1. The lowest BCUT2D eigenvalue weighted by molar-refractivity contribution is 0.221. The zero-order valence-corrected chi connectivity index (χ0v) is 13.5. The number of anilines is 1. The second-order valence-corrected chi connectivity index (χ2v) is 7.18. The summed E-state index contributed by atoms with van der Waals surface area (Å²) < 4.78 is 0. The summed E-state index contributed by atoms with van der Waals surface area (Å²) in [5.74, 6) is 1.04. The van der Waals surface area contributed by atoms with Gasteiger partial charge in [0.1, 0.15) is 0 Å². The number of benzene rings is 1. The van der Waals surface area contributed by atoms with Crippen molar-refractivity contribution in [1.29, 1.82) is 0 Å². The Morgan fingerprint density at radius 1 is 1.20 bits per heavy atom. The SMILES string of the molecule is CC1CCc2ccccc2N1CC1(CS)CCCCC1. The molecule has 1 aromatic carbocycles. The van der Waals surface area contributed by atoms with Crippen molar-refractivity contribution in [3.63, 3.8) is 0 Å². The molecule has 1 aliphatic heterocycles. The smallest absolute Gasteiger partial charge is 0.0401 e. The molecule has 1 heterocycles. The quantitative estimate of drug-likeness (QED) is 0.789. The lowest BCUT2D eigenvalue weighted by Crippen LogP contribution is -2.46. The van der Waals surface area contributed by atoms with Crippen molar-refractivity contribution in [2.75, 3.05) is 17.2 Å². The number of hydrogen-bond donors (Lipinski definition) is 1. The first-order valence-corrected chi connectivity index (χ1v) is 8.83. The largest absolute Gasteiger partial charge is 0.368 e. The molecule has 1 aliphatic carbocycles. The van der Waals surface area contributed by atoms with E-state index >= 15 is 0 Å². The Bertz CT molecular complexity index is 450. The monoisotopic (exact) mass is 289 g/mol. The van der Waals surface area contributed by atoms with Gasteiger partial charge in [-0.15, -0.1) is 0 Å². The van der Waals surface area contributed by atoms with Gasteiger partial charge in [0, 0.05) is 18.3 Å². The van der Waals surface area contributed by atoms with Crippen LogP contribution in [0.1, 0.15) is 51.0 Å². The molecule has 1 atom stereocenters. The van der Waals surface area contributed by atoms with Crippen molar-refractivity contribution in [2.24, 2.45) is 5.41 Å². The highest BCUT2D eigenvalue weighted by Gasteiger charge is 2.35. The van der Waals surface area contributed by atoms with Crippen molar-refractivity contribution in [1.82, 2.24) is 0 Å². The third-order valence-electron chi connectivity index (χ3n) is 5.42. The van der Waals surface area contributed by atoms with Crippen LogP contribution in [0.4, 0.5) is 5.69 Å². The van der Waals surface area contributed by atoms with Crippen LogP contribution in [0, 0.1) is 5.41 Å². The van der Waals surface area contributed by atoms with E-state index < -0.39 is 0 Å². The molecule has 1 unspecified atom stereocenters. The van der Waals surface area contributed by atoms with Gasteiger partial charge >= 0.3 is 0 Å². The van der Waals surface area contributed by atoms with Gasteiger partial charge in [-0.05, 0) is 55.4 Å². The van der Waals surface area contributed by atoms with E-state index in [4.69, 9.17) is 12.6 Å². The zero-order chi connectivity index (χ0) is 14.0. The highest BCUT2D eigenvalue weighted by Crippen LogP contribution is 2.41. The molecule has 0 amide bonds. The highest BCUT2D eigenvalue weighted by molar-refractivity contribution is 7.80. The van der Waals surface area contributed by atoms with Gasteiger partial charge in [-0.25, -0.2) is 0 Å². The van der Waals surface area contributed by atoms with Crippen LogP contribution < -0.4 is 4.90 Å². The van der Waals surface area contributed by atoms with Gasteiger partial charge in [-0.2, -0.15) is 12.6 Å². The summed E-state index contributed by atoms with van der Waals surface area (Å²) in [7, 11) is 0. The molecule has 0 spiro atoms. The van der Waals surface area contributed by atoms with Crippen molar-refractivity contribution in [3.05, 3.63) is 29.8 Å². The first kappa shape index (κ1) is 14.3. The lowest BCUT2D eigenvalue weighted by Gasteiger charge is -2.45. The Morgan fingerprint density at radius 3 is 2.70 bits per heavy atom. The number of nitrogens with zero attached hydrogens (tertiary/aromatic N) is 1. The van der Waals surface area contributed by atoms with Crippen LogP contribution in [0.2, 0.25) is 0 Å². The molecular weight excluding hydrogens is 262 g/mol. The van der Waals surface area contributed by atoms with Crippen LogP contribution in [0.15, 0.2) is 24.3 Å². The molecule has 1 fully saturated rings. The number of rotatable bonds is 3. The third kappa shape index (κ3) is 2.72. The first-order valence-electron chi connectivity index (χ1n) is 8.19. The van der Waals surface area contributed by atoms with E-state index in [0.29, 0.717) is 11.5 Å². The number of thiol groups is 1. The Morgan fingerprint density at radius 2 is 1.95 bits per heavy atom. The van der Waals surface area contributed by atoms with Gasteiger partial charge in [0.15, 0.2) is 0 Å².